The Morgan fingerprint density at radius 3 is 2.69 bits per heavy atom. The van der Waals surface area contributed by atoms with Crippen LogP contribution in [0.25, 0.3) is 0 Å². The second-order valence-corrected chi connectivity index (χ2v) is 4.08. The molecule has 1 aromatic heterocycles. The van der Waals surface area contributed by atoms with Crippen LogP contribution < -0.4 is 0 Å². The predicted molar refractivity (Wildman–Crippen MR) is 47.9 cm³/mol. The van der Waals surface area contributed by atoms with Gasteiger partial charge in [-0.25, -0.2) is 0 Å². The number of thiophene rings is 1. The van der Waals surface area contributed by atoms with Crippen molar-refractivity contribution >= 4 is 23.1 Å². The van der Waals surface area contributed by atoms with Gasteiger partial charge in [-0.15, -0.1) is 11.3 Å². The number of ketones is 1. The molecule has 68 valence electrons. The lowest BCUT2D eigenvalue weighted by Gasteiger charge is -1.92. The van der Waals surface area contributed by atoms with Gasteiger partial charge in [0.25, 0.3) is 0 Å². The molecule has 13 heavy (non-hydrogen) atoms. The van der Waals surface area contributed by atoms with Crippen LogP contribution in [0, 0.1) is 11.8 Å². The minimum absolute atomic E-state index is 0.0117. The maximum Gasteiger partial charge on any atom is 0.307 e. The number of Topliss-reactive ketones (excluding diaryl/α,β-unsaturated/α-hetero) is 1. The summed E-state index contributed by atoms with van der Waals surface area (Å²) in [5.41, 5.74) is 0. The average Bonchev–Trinajstić information content (AvgIpc) is 2.72. The molecular weight excluding hydrogens is 188 g/mol. The third-order valence-corrected chi connectivity index (χ3v) is 3.09. The van der Waals surface area contributed by atoms with Gasteiger partial charge in [0.1, 0.15) is 0 Å². The first-order chi connectivity index (χ1) is 6.20. The fraction of sp³-hybridized carbons (Fsp3) is 0.333. The molecule has 0 aliphatic heterocycles. The van der Waals surface area contributed by atoms with Gasteiger partial charge >= 0.3 is 5.97 Å². The van der Waals surface area contributed by atoms with Gasteiger partial charge in [-0.3, -0.25) is 9.59 Å². The van der Waals surface area contributed by atoms with Gasteiger partial charge in [-0.1, -0.05) is 6.07 Å². The van der Waals surface area contributed by atoms with Crippen molar-refractivity contribution in [2.45, 2.75) is 6.42 Å². The number of carbonyl (C=O) groups is 2. The smallest absolute Gasteiger partial charge is 0.307 e. The van der Waals surface area contributed by atoms with E-state index in [4.69, 9.17) is 5.11 Å². The van der Waals surface area contributed by atoms with E-state index in [9.17, 15) is 9.59 Å². The number of rotatable bonds is 3. The number of aliphatic carboxylic acids is 1. The highest BCUT2D eigenvalue weighted by atomic mass is 32.1. The van der Waals surface area contributed by atoms with Crippen molar-refractivity contribution in [1.29, 1.82) is 0 Å². The Morgan fingerprint density at radius 1 is 1.46 bits per heavy atom. The summed E-state index contributed by atoms with van der Waals surface area (Å²) in [4.78, 5) is 22.7. The van der Waals surface area contributed by atoms with E-state index in [2.05, 4.69) is 0 Å². The molecule has 0 spiro atoms. The molecule has 1 fully saturated rings. The molecule has 0 radical (unpaired) electrons. The summed E-state index contributed by atoms with van der Waals surface area (Å²) in [6.07, 6.45) is 0.506. The van der Waals surface area contributed by atoms with Gasteiger partial charge in [0, 0.05) is 5.92 Å². The van der Waals surface area contributed by atoms with Crippen molar-refractivity contribution in [3.8, 4) is 0 Å². The number of hydrogen-bond donors (Lipinski definition) is 1. The third kappa shape index (κ3) is 1.49. The fourth-order valence-corrected chi connectivity index (χ4v) is 2.09. The van der Waals surface area contributed by atoms with Crippen molar-refractivity contribution in [1.82, 2.24) is 0 Å². The van der Waals surface area contributed by atoms with Crippen LogP contribution in [0.2, 0.25) is 0 Å². The SMILES string of the molecule is O=C(O)[C@H]1C[C@@H]1C(=O)c1cccs1. The van der Waals surface area contributed by atoms with Crippen LogP contribution in [0.4, 0.5) is 0 Å². The zero-order valence-corrected chi connectivity index (χ0v) is 7.58. The minimum Gasteiger partial charge on any atom is -0.481 e. The van der Waals surface area contributed by atoms with Gasteiger partial charge in [0.05, 0.1) is 10.8 Å². The zero-order valence-electron chi connectivity index (χ0n) is 6.77. The summed E-state index contributed by atoms with van der Waals surface area (Å²) in [6.45, 7) is 0. The van der Waals surface area contributed by atoms with Crippen LogP contribution >= 0.6 is 11.3 Å². The molecular formula is C9H8O3S. The minimum atomic E-state index is -0.852. The van der Waals surface area contributed by atoms with E-state index in [0.29, 0.717) is 11.3 Å². The highest BCUT2D eigenvalue weighted by Crippen LogP contribution is 2.41. The molecule has 0 amide bonds. The Morgan fingerprint density at radius 2 is 2.23 bits per heavy atom. The Balaban J connectivity index is 2.06. The summed E-state index contributed by atoms with van der Waals surface area (Å²) in [7, 11) is 0. The number of hydrogen-bond acceptors (Lipinski definition) is 3. The van der Waals surface area contributed by atoms with Gasteiger partial charge in [-0.2, -0.15) is 0 Å². The molecule has 0 bridgehead atoms. The average molecular weight is 196 g/mol. The highest BCUT2D eigenvalue weighted by Gasteiger charge is 2.48. The number of carboxylic acid groups (broad SMARTS) is 1. The second kappa shape index (κ2) is 2.96. The van der Waals surface area contributed by atoms with E-state index in [1.54, 1.807) is 12.1 Å². The molecule has 1 saturated carbocycles. The molecule has 1 aliphatic rings. The number of carboxylic acids is 1. The molecule has 2 atom stereocenters. The molecule has 2 rings (SSSR count). The van der Waals surface area contributed by atoms with Crippen molar-refractivity contribution in [3.05, 3.63) is 22.4 Å². The molecule has 0 saturated heterocycles. The van der Waals surface area contributed by atoms with Gasteiger partial charge in [-0.05, 0) is 17.9 Å². The largest absolute Gasteiger partial charge is 0.481 e. The lowest BCUT2D eigenvalue weighted by molar-refractivity contribution is -0.138. The van der Waals surface area contributed by atoms with Crippen molar-refractivity contribution in [2.24, 2.45) is 11.8 Å². The summed E-state index contributed by atoms with van der Waals surface area (Å²) < 4.78 is 0. The van der Waals surface area contributed by atoms with Crippen LogP contribution in [0.1, 0.15) is 16.1 Å². The molecule has 0 unspecified atom stereocenters. The molecule has 1 N–H and O–H groups in total. The molecule has 1 aliphatic carbocycles. The second-order valence-electron chi connectivity index (χ2n) is 3.13. The van der Waals surface area contributed by atoms with Gasteiger partial charge in [0.2, 0.25) is 0 Å². The van der Waals surface area contributed by atoms with E-state index in [-0.39, 0.29) is 11.7 Å². The van der Waals surface area contributed by atoms with Crippen molar-refractivity contribution < 1.29 is 14.7 Å². The van der Waals surface area contributed by atoms with E-state index in [1.165, 1.54) is 11.3 Å². The van der Waals surface area contributed by atoms with Gasteiger partial charge < -0.3 is 5.11 Å². The van der Waals surface area contributed by atoms with E-state index < -0.39 is 11.9 Å². The summed E-state index contributed by atoms with van der Waals surface area (Å²) >= 11 is 1.37. The van der Waals surface area contributed by atoms with E-state index in [0.717, 1.165) is 0 Å². The molecule has 1 aromatic rings. The lowest BCUT2D eigenvalue weighted by Crippen LogP contribution is -2.06. The Hall–Kier alpha value is -1.16. The molecule has 0 aromatic carbocycles. The third-order valence-electron chi connectivity index (χ3n) is 2.21. The highest BCUT2D eigenvalue weighted by molar-refractivity contribution is 7.12. The maximum atomic E-state index is 11.5. The topological polar surface area (TPSA) is 54.4 Å². The van der Waals surface area contributed by atoms with Crippen LogP contribution in [-0.4, -0.2) is 16.9 Å². The summed E-state index contributed by atoms with van der Waals surface area (Å²) in [5.74, 6) is -1.57. The number of carbonyl (C=O) groups excluding carboxylic acids is 1. The molecule has 1 heterocycles. The Labute approximate surface area is 79.0 Å². The predicted octanol–water partition coefficient (Wildman–Crippen LogP) is 1.65. The summed E-state index contributed by atoms with van der Waals surface area (Å²) in [5, 5.41) is 10.4. The summed E-state index contributed by atoms with van der Waals surface area (Å²) in [6, 6.07) is 3.54. The first-order valence-electron chi connectivity index (χ1n) is 4.00. The monoisotopic (exact) mass is 196 g/mol. The van der Waals surface area contributed by atoms with Crippen LogP contribution in [-0.2, 0) is 4.79 Å². The maximum absolute atomic E-state index is 11.5. The van der Waals surface area contributed by atoms with E-state index in [1.807, 2.05) is 5.38 Å². The van der Waals surface area contributed by atoms with Crippen LogP contribution in [0.15, 0.2) is 17.5 Å². The quantitative estimate of drug-likeness (QED) is 0.748. The first kappa shape index (κ1) is 8.44. The fourth-order valence-electron chi connectivity index (χ4n) is 1.36. The van der Waals surface area contributed by atoms with Crippen molar-refractivity contribution in [2.75, 3.05) is 0 Å². The molecule has 4 heteroatoms. The van der Waals surface area contributed by atoms with E-state index >= 15 is 0 Å². The lowest BCUT2D eigenvalue weighted by atomic mass is 10.2. The standard InChI is InChI=1S/C9H8O3S/c10-8(7-2-1-3-13-7)5-4-6(5)9(11)12/h1-3,5-6H,4H2,(H,11,12)/t5-,6-/m0/s1. The Bertz CT molecular complexity index is 342. The van der Waals surface area contributed by atoms with Gasteiger partial charge in [0.15, 0.2) is 5.78 Å². The molecule has 3 nitrogen and oxygen atoms in total. The van der Waals surface area contributed by atoms with Crippen LogP contribution in [0.3, 0.4) is 0 Å². The normalized spacial score (nSPS) is 25.5. The van der Waals surface area contributed by atoms with Crippen LogP contribution in [0.5, 0.6) is 0 Å². The first-order valence-corrected chi connectivity index (χ1v) is 4.88. The Kier molecular flexibility index (Phi) is 1.92. The zero-order chi connectivity index (χ0) is 9.42. The van der Waals surface area contributed by atoms with Crippen molar-refractivity contribution in [3.63, 3.8) is 0 Å².